The molecule has 1 aromatic rings. The molecule has 0 fully saturated rings. The summed E-state index contributed by atoms with van der Waals surface area (Å²) in [6, 6.07) is 0. The molecule has 0 bridgehead atoms. The fraction of sp³-hybridized carbons (Fsp3) is 0.500. The number of carbonyl (C=O) groups excluding carboxylic acids is 1. The first-order chi connectivity index (χ1) is 7.79. The number of anilines is 1. The molecule has 1 aromatic heterocycles. The van der Waals surface area contributed by atoms with Gasteiger partial charge in [-0.2, -0.15) is 0 Å². The summed E-state index contributed by atoms with van der Waals surface area (Å²) in [4.78, 5) is 27.4. The second-order valence-corrected chi connectivity index (χ2v) is 5.15. The Morgan fingerprint density at radius 3 is 2.59 bits per heavy atom. The monoisotopic (exact) mass is 258 g/mol. The minimum atomic E-state index is -1.12. The first-order valence-electron chi connectivity index (χ1n) is 4.91. The largest absolute Gasteiger partial charge is 0.480 e. The molecule has 0 aromatic carbocycles. The molecule has 0 atom stereocenters. The van der Waals surface area contributed by atoms with Crippen molar-refractivity contribution in [2.45, 2.75) is 26.4 Å². The average Bonchev–Trinajstić information content (AvgIpc) is 2.63. The summed E-state index contributed by atoms with van der Waals surface area (Å²) >= 11 is 1.18. The van der Waals surface area contributed by atoms with Gasteiger partial charge in [0.2, 0.25) is 0 Å². The highest BCUT2D eigenvalue weighted by Gasteiger charge is 2.26. The Bertz CT molecular complexity index is 397. The summed E-state index contributed by atoms with van der Waals surface area (Å²) in [6.07, 6.45) is 0.786. The Kier molecular flexibility index (Phi) is 4.06. The van der Waals surface area contributed by atoms with Crippen molar-refractivity contribution in [3.05, 3.63) is 11.6 Å². The van der Waals surface area contributed by atoms with Crippen LogP contribution in [-0.2, 0) is 9.53 Å². The van der Waals surface area contributed by atoms with Crippen LogP contribution >= 0.6 is 11.3 Å². The molecular formula is C10H14N2O4S. The third kappa shape index (κ3) is 4.39. The van der Waals surface area contributed by atoms with Crippen LogP contribution in [0, 0.1) is 0 Å². The van der Waals surface area contributed by atoms with Crippen molar-refractivity contribution in [3.63, 3.8) is 0 Å². The molecule has 0 aliphatic heterocycles. The van der Waals surface area contributed by atoms with Crippen molar-refractivity contribution in [1.29, 1.82) is 0 Å². The lowest BCUT2D eigenvalue weighted by molar-refractivity contribution is -0.135. The molecule has 1 rings (SSSR count). The maximum atomic E-state index is 11.8. The molecule has 1 N–H and O–H groups in total. The number of hydrogen-bond donors (Lipinski definition) is 1. The average molecular weight is 258 g/mol. The highest BCUT2D eigenvalue weighted by atomic mass is 32.1. The number of thiazole rings is 1. The van der Waals surface area contributed by atoms with Crippen LogP contribution < -0.4 is 4.90 Å². The van der Waals surface area contributed by atoms with Crippen molar-refractivity contribution >= 4 is 28.5 Å². The maximum absolute atomic E-state index is 11.8. The van der Waals surface area contributed by atoms with Gasteiger partial charge in [0, 0.05) is 11.6 Å². The van der Waals surface area contributed by atoms with E-state index in [1.54, 1.807) is 26.2 Å². The molecule has 0 spiro atoms. The molecule has 1 amide bonds. The van der Waals surface area contributed by atoms with E-state index in [1.165, 1.54) is 17.5 Å². The Balaban J connectivity index is 2.84. The van der Waals surface area contributed by atoms with Crippen LogP contribution in [0.25, 0.3) is 0 Å². The minimum absolute atomic E-state index is 0.307. The number of aliphatic carboxylic acids is 1. The highest BCUT2D eigenvalue weighted by molar-refractivity contribution is 7.13. The number of carboxylic acids is 1. The number of carboxylic acid groups (broad SMARTS) is 1. The lowest BCUT2D eigenvalue weighted by Gasteiger charge is -2.24. The Labute approximate surface area is 103 Å². The van der Waals surface area contributed by atoms with E-state index in [0.29, 0.717) is 5.13 Å². The van der Waals surface area contributed by atoms with Gasteiger partial charge >= 0.3 is 12.1 Å². The van der Waals surface area contributed by atoms with Crippen molar-refractivity contribution in [1.82, 2.24) is 4.98 Å². The van der Waals surface area contributed by atoms with Gasteiger partial charge in [-0.3, -0.25) is 4.79 Å². The number of carbonyl (C=O) groups is 2. The first-order valence-corrected chi connectivity index (χ1v) is 5.79. The van der Waals surface area contributed by atoms with Gasteiger partial charge in [-0.1, -0.05) is 0 Å². The highest BCUT2D eigenvalue weighted by Crippen LogP contribution is 2.20. The second kappa shape index (κ2) is 5.13. The molecule has 6 nitrogen and oxygen atoms in total. The zero-order chi connectivity index (χ0) is 13.1. The van der Waals surface area contributed by atoms with Gasteiger partial charge in [0.25, 0.3) is 0 Å². The van der Waals surface area contributed by atoms with Gasteiger partial charge < -0.3 is 9.84 Å². The molecule has 0 aliphatic carbocycles. The van der Waals surface area contributed by atoms with E-state index < -0.39 is 24.2 Å². The molecule has 7 heteroatoms. The van der Waals surface area contributed by atoms with Gasteiger partial charge in [-0.15, -0.1) is 11.3 Å². The smallest absolute Gasteiger partial charge is 0.417 e. The van der Waals surface area contributed by atoms with Crippen molar-refractivity contribution in [3.8, 4) is 0 Å². The predicted octanol–water partition coefficient (Wildman–Crippen LogP) is 1.97. The van der Waals surface area contributed by atoms with Crippen LogP contribution in [0.3, 0.4) is 0 Å². The van der Waals surface area contributed by atoms with Crippen LogP contribution in [0.2, 0.25) is 0 Å². The molecule has 0 saturated carbocycles. The molecule has 0 saturated heterocycles. The third-order valence-electron chi connectivity index (χ3n) is 1.56. The Hall–Kier alpha value is -1.63. The van der Waals surface area contributed by atoms with Crippen LogP contribution in [0.4, 0.5) is 9.93 Å². The number of hydrogen-bond acceptors (Lipinski definition) is 5. The second-order valence-electron chi connectivity index (χ2n) is 4.27. The summed E-state index contributed by atoms with van der Waals surface area (Å²) in [5, 5.41) is 10.7. The maximum Gasteiger partial charge on any atom is 0.417 e. The molecule has 0 radical (unpaired) electrons. The summed E-state index contributed by atoms with van der Waals surface area (Å²) in [7, 11) is 0. The topological polar surface area (TPSA) is 79.7 Å². The van der Waals surface area contributed by atoms with Crippen molar-refractivity contribution < 1.29 is 19.4 Å². The van der Waals surface area contributed by atoms with Gasteiger partial charge in [-0.05, 0) is 20.8 Å². The molecule has 0 aliphatic rings. The summed E-state index contributed by atoms with van der Waals surface area (Å²) in [5.41, 5.74) is -0.675. The Morgan fingerprint density at radius 2 is 2.18 bits per heavy atom. The third-order valence-corrected chi connectivity index (χ3v) is 2.35. The van der Waals surface area contributed by atoms with Crippen LogP contribution in [0.5, 0.6) is 0 Å². The number of ether oxygens (including phenoxy) is 1. The lowest BCUT2D eigenvalue weighted by Crippen LogP contribution is -2.39. The van der Waals surface area contributed by atoms with E-state index in [-0.39, 0.29) is 0 Å². The standard InChI is InChI=1S/C10H14N2O4S/c1-10(2,3)16-9(15)12(6-7(13)14)8-11-4-5-17-8/h4-5H,6H2,1-3H3,(H,13,14). The van der Waals surface area contributed by atoms with Crippen molar-refractivity contribution in [2.24, 2.45) is 0 Å². The van der Waals surface area contributed by atoms with Crippen LogP contribution in [0.15, 0.2) is 11.6 Å². The normalized spacial score (nSPS) is 11.0. The number of aromatic nitrogens is 1. The lowest BCUT2D eigenvalue weighted by atomic mass is 10.2. The Morgan fingerprint density at radius 1 is 1.53 bits per heavy atom. The molecule has 1 heterocycles. The van der Waals surface area contributed by atoms with Crippen LogP contribution in [0.1, 0.15) is 20.8 Å². The van der Waals surface area contributed by atoms with E-state index in [0.717, 1.165) is 4.90 Å². The fourth-order valence-electron chi connectivity index (χ4n) is 1.01. The summed E-state index contributed by atoms with van der Waals surface area (Å²) < 4.78 is 5.11. The van der Waals surface area contributed by atoms with Crippen LogP contribution in [-0.4, -0.2) is 34.3 Å². The summed E-state index contributed by atoms with van der Waals surface area (Å²) in [5.74, 6) is -1.12. The SMILES string of the molecule is CC(C)(C)OC(=O)N(CC(=O)O)c1nccs1. The van der Waals surface area contributed by atoms with E-state index in [9.17, 15) is 9.59 Å². The van der Waals surface area contributed by atoms with E-state index in [4.69, 9.17) is 9.84 Å². The number of rotatable bonds is 3. The zero-order valence-electron chi connectivity index (χ0n) is 9.84. The first kappa shape index (κ1) is 13.4. The van der Waals surface area contributed by atoms with Gasteiger partial charge in [0.05, 0.1) is 0 Å². The van der Waals surface area contributed by atoms with E-state index in [1.807, 2.05) is 0 Å². The number of amides is 1. The van der Waals surface area contributed by atoms with Gasteiger partial charge in [0.15, 0.2) is 5.13 Å². The predicted molar refractivity (Wildman–Crippen MR) is 63.3 cm³/mol. The molecule has 17 heavy (non-hydrogen) atoms. The molecular weight excluding hydrogens is 244 g/mol. The molecule has 94 valence electrons. The zero-order valence-corrected chi connectivity index (χ0v) is 10.7. The van der Waals surface area contributed by atoms with Gasteiger partial charge in [-0.25, -0.2) is 14.7 Å². The fourth-order valence-corrected chi connectivity index (χ4v) is 1.64. The molecule has 0 unspecified atom stereocenters. The van der Waals surface area contributed by atoms with E-state index >= 15 is 0 Å². The summed E-state index contributed by atoms with van der Waals surface area (Å²) in [6.45, 7) is 4.67. The van der Waals surface area contributed by atoms with Gasteiger partial charge in [0.1, 0.15) is 12.1 Å². The van der Waals surface area contributed by atoms with Crippen molar-refractivity contribution in [2.75, 3.05) is 11.4 Å². The van der Waals surface area contributed by atoms with E-state index in [2.05, 4.69) is 4.98 Å². The quantitative estimate of drug-likeness (QED) is 0.896. The number of nitrogens with zero attached hydrogens (tertiary/aromatic N) is 2. The minimum Gasteiger partial charge on any atom is -0.480 e.